The van der Waals surface area contributed by atoms with Gasteiger partial charge in [0.25, 0.3) is 11.5 Å². The summed E-state index contributed by atoms with van der Waals surface area (Å²) in [7, 11) is 1.58. The van der Waals surface area contributed by atoms with Crippen LogP contribution in [0, 0.1) is 0 Å². The van der Waals surface area contributed by atoms with Crippen LogP contribution in [0.4, 0.5) is 5.69 Å². The zero-order valence-corrected chi connectivity index (χ0v) is 23.2. The molecule has 1 amide bonds. The molecule has 0 spiro atoms. The number of fused-ring (bicyclic) bond motifs is 1. The van der Waals surface area contributed by atoms with Crippen LogP contribution in [-0.2, 0) is 4.79 Å². The molecule has 9 heteroatoms. The lowest BCUT2D eigenvalue weighted by molar-refractivity contribution is -0.113. The van der Waals surface area contributed by atoms with Crippen LogP contribution in [0.15, 0.2) is 93.9 Å². The summed E-state index contributed by atoms with van der Waals surface area (Å²) in [4.78, 5) is 32.7. The van der Waals surface area contributed by atoms with Crippen molar-refractivity contribution in [2.24, 2.45) is 4.99 Å². The van der Waals surface area contributed by atoms with Crippen molar-refractivity contribution in [2.75, 3.05) is 19.0 Å². The van der Waals surface area contributed by atoms with Crippen LogP contribution in [0.1, 0.15) is 31.0 Å². The molecule has 0 saturated heterocycles. The Bertz CT molecular complexity index is 1760. The summed E-state index contributed by atoms with van der Waals surface area (Å²) in [6.07, 6.45) is 1.77. The first kappa shape index (κ1) is 26.5. The third-order valence-corrected chi connectivity index (χ3v) is 7.54. The van der Waals surface area contributed by atoms with E-state index in [0.29, 0.717) is 49.4 Å². The van der Waals surface area contributed by atoms with Gasteiger partial charge in [0.1, 0.15) is 11.5 Å². The zero-order chi connectivity index (χ0) is 27.5. The molecule has 198 valence electrons. The second kappa shape index (κ2) is 11.3. The number of nitrogens with one attached hydrogen (secondary N) is 1. The summed E-state index contributed by atoms with van der Waals surface area (Å²) in [6, 6.07) is 21.3. The fourth-order valence-electron chi connectivity index (χ4n) is 4.49. The number of anilines is 1. The molecule has 1 aliphatic heterocycles. The average Bonchev–Trinajstić information content (AvgIpc) is 3.24. The first-order chi connectivity index (χ1) is 18.9. The van der Waals surface area contributed by atoms with Crippen molar-refractivity contribution in [1.82, 2.24) is 4.57 Å². The lowest BCUT2D eigenvalue weighted by Gasteiger charge is -2.25. The minimum atomic E-state index is -0.703. The number of amides is 1. The van der Waals surface area contributed by atoms with Crippen molar-refractivity contribution in [1.29, 1.82) is 0 Å². The molecule has 0 fully saturated rings. The number of nitrogens with zero attached hydrogens (tertiary/aromatic N) is 2. The molecule has 1 aliphatic rings. The predicted molar refractivity (Wildman–Crippen MR) is 154 cm³/mol. The van der Waals surface area contributed by atoms with E-state index < -0.39 is 6.04 Å². The molecule has 0 radical (unpaired) electrons. The Morgan fingerprint density at radius 1 is 1.13 bits per heavy atom. The highest BCUT2D eigenvalue weighted by molar-refractivity contribution is 7.07. The van der Waals surface area contributed by atoms with E-state index in [1.54, 1.807) is 36.8 Å². The molecule has 3 aromatic carbocycles. The molecule has 0 bridgehead atoms. The van der Waals surface area contributed by atoms with Gasteiger partial charge in [-0.2, -0.15) is 0 Å². The number of rotatable bonds is 7. The molecular formula is C30H26ClN3O4S. The number of hydrogen-bond donors (Lipinski definition) is 1. The van der Waals surface area contributed by atoms with Gasteiger partial charge in [0.05, 0.1) is 40.6 Å². The van der Waals surface area contributed by atoms with Crippen molar-refractivity contribution in [3.63, 3.8) is 0 Å². The Morgan fingerprint density at radius 3 is 2.64 bits per heavy atom. The first-order valence-electron chi connectivity index (χ1n) is 12.3. The quantitative estimate of drug-likeness (QED) is 0.348. The highest BCUT2D eigenvalue weighted by Crippen LogP contribution is 2.32. The summed E-state index contributed by atoms with van der Waals surface area (Å²) in [5.41, 5.74) is 2.80. The van der Waals surface area contributed by atoms with Crippen molar-refractivity contribution in [3.05, 3.63) is 120 Å². The van der Waals surface area contributed by atoms with Crippen LogP contribution < -0.4 is 29.7 Å². The van der Waals surface area contributed by atoms with Gasteiger partial charge in [0, 0.05) is 5.69 Å². The van der Waals surface area contributed by atoms with Gasteiger partial charge in [-0.3, -0.25) is 14.2 Å². The molecule has 1 N–H and O–H groups in total. The van der Waals surface area contributed by atoms with E-state index in [0.717, 1.165) is 11.1 Å². The number of ether oxygens (including phenoxy) is 2. The minimum absolute atomic E-state index is 0.255. The lowest BCUT2D eigenvalue weighted by Crippen LogP contribution is -2.40. The van der Waals surface area contributed by atoms with Gasteiger partial charge in [0.15, 0.2) is 4.80 Å². The number of thiazole rings is 1. The Kier molecular flexibility index (Phi) is 7.67. The number of allylic oxidation sites excluding steroid dienone is 1. The topological polar surface area (TPSA) is 81.9 Å². The number of aromatic nitrogens is 1. The van der Waals surface area contributed by atoms with Gasteiger partial charge in [-0.1, -0.05) is 59.3 Å². The van der Waals surface area contributed by atoms with E-state index in [4.69, 9.17) is 26.1 Å². The molecule has 4 aromatic rings. The second-order valence-electron chi connectivity index (χ2n) is 8.80. The standard InChI is InChI=1S/C30H26ClN3O4S/c1-4-38-24-14-13-19(15-23(24)31)16-25-29(36)34-27(20-9-8-12-22(17-20)37-3)26(18(2)32-30(34)39-25)28(35)33-21-10-6-5-7-11-21/h5-17,27H,4H2,1-3H3,(H,33,35)/b25-16-/t27-/m1/s1. The molecule has 5 rings (SSSR count). The summed E-state index contributed by atoms with van der Waals surface area (Å²) in [5.74, 6) is 0.875. The lowest BCUT2D eigenvalue weighted by atomic mass is 9.95. The summed E-state index contributed by atoms with van der Waals surface area (Å²) < 4.78 is 13.0. The van der Waals surface area contributed by atoms with Crippen LogP contribution >= 0.6 is 22.9 Å². The van der Waals surface area contributed by atoms with Gasteiger partial charge < -0.3 is 14.8 Å². The largest absolute Gasteiger partial charge is 0.497 e. The Balaban J connectivity index is 1.65. The fourth-order valence-corrected chi connectivity index (χ4v) is 5.78. The van der Waals surface area contributed by atoms with Crippen molar-refractivity contribution < 1.29 is 14.3 Å². The molecule has 1 atom stereocenters. The number of hydrogen-bond acceptors (Lipinski definition) is 6. The fraction of sp³-hybridized carbons (Fsp3) is 0.167. The minimum Gasteiger partial charge on any atom is -0.497 e. The van der Waals surface area contributed by atoms with Gasteiger partial charge in [-0.05, 0) is 67.4 Å². The number of carbonyl (C=O) groups excluding carboxylic acids is 1. The monoisotopic (exact) mass is 559 g/mol. The maximum atomic E-state index is 13.9. The number of benzene rings is 3. The molecular weight excluding hydrogens is 534 g/mol. The second-order valence-corrected chi connectivity index (χ2v) is 10.2. The summed E-state index contributed by atoms with van der Waals surface area (Å²) >= 11 is 7.64. The summed E-state index contributed by atoms with van der Waals surface area (Å²) in [5, 5.41) is 3.42. The maximum Gasteiger partial charge on any atom is 0.271 e. The highest BCUT2D eigenvalue weighted by Gasteiger charge is 2.32. The van der Waals surface area contributed by atoms with Crippen molar-refractivity contribution in [3.8, 4) is 11.5 Å². The third-order valence-electron chi connectivity index (χ3n) is 6.26. The molecule has 7 nitrogen and oxygen atoms in total. The van der Waals surface area contributed by atoms with E-state index in [1.807, 2.05) is 67.6 Å². The van der Waals surface area contributed by atoms with Crippen LogP contribution in [0.3, 0.4) is 0 Å². The number of methoxy groups -OCH3 is 1. The smallest absolute Gasteiger partial charge is 0.271 e. The predicted octanol–water partition coefficient (Wildman–Crippen LogP) is 4.93. The normalized spacial score (nSPS) is 15.0. The Hall–Kier alpha value is -4.14. The Morgan fingerprint density at radius 2 is 1.92 bits per heavy atom. The SMILES string of the molecule is CCOc1ccc(/C=c2\sc3n(c2=O)[C@H](c2cccc(OC)c2)C(C(=O)Nc2ccccc2)=C(C)N=3)cc1Cl. The van der Waals surface area contributed by atoms with Gasteiger partial charge >= 0.3 is 0 Å². The van der Waals surface area contributed by atoms with E-state index in [2.05, 4.69) is 5.32 Å². The molecule has 2 heterocycles. The van der Waals surface area contributed by atoms with Crippen LogP contribution in [-0.4, -0.2) is 24.2 Å². The maximum absolute atomic E-state index is 13.9. The van der Waals surface area contributed by atoms with E-state index in [9.17, 15) is 9.59 Å². The van der Waals surface area contributed by atoms with Crippen LogP contribution in [0.25, 0.3) is 6.08 Å². The van der Waals surface area contributed by atoms with E-state index >= 15 is 0 Å². The Labute approximate surface area is 234 Å². The van der Waals surface area contributed by atoms with E-state index in [1.165, 1.54) is 11.3 Å². The van der Waals surface area contributed by atoms with Crippen molar-refractivity contribution >= 4 is 40.6 Å². The first-order valence-corrected chi connectivity index (χ1v) is 13.5. The van der Waals surface area contributed by atoms with Crippen LogP contribution in [0.5, 0.6) is 11.5 Å². The van der Waals surface area contributed by atoms with Crippen molar-refractivity contribution in [2.45, 2.75) is 19.9 Å². The van der Waals surface area contributed by atoms with Gasteiger partial charge in [-0.25, -0.2) is 4.99 Å². The number of carbonyl (C=O) groups is 1. The molecule has 1 aromatic heterocycles. The molecule has 0 aliphatic carbocycles. The van der Waals surface area contributed by atoms with Crippen LogP contribution in [0.2, 0.25) is 5.02 Å². The molecule has 0 unspecified atom stereocenters. The third kappa shape index (κ3) is 5.39. The molecule has 39 heavy (non-hydrogen) atoms. The summed E-state index contributed by atoms with van der Waals surface area (Å²) in [6.45, 7) is 4.18. The van der Waals surface area contributed by atoms with E-state index in [-0.39, 0.29) is 11.5 Å². The van der Waals surface area contributed by atoms with Gasteiger partial charge in [-0.15, -0.1) is 0 Å². The van der Waals surface area contributed by atoms with Gasteiger partial charge in [0.2, 0.25) is 0 Å². The average molecular weight is 560 g/mol. The number of para-hydroxylation sites is 1. The number of halogens is 1. The highest BCUT2D eigenvalue weighted by atomic mass is 35.5. The zero-order valence-electron chi connectivity index (χ0n) is 21.6. The molecule has 0 saturated carbocycles.